The molecule has 0 aliphatic carbocycles. The molecule has 6 nitrogen and oxygen atoms in total. The Labute approximate surface area is 160 Å². The molecule has 27 heavy (non-hydrogen) atoms. The highest BCUT2D eigenvalue weighted by molar-refractivity contribution is 5.89. The van der Waals surface area contributed by atoms with Gasteiger partial charge in [-0.05, 0) is 42.7 Å². The number of anilines is 1. The van der Waals surface area contributed by atoms with Crippen molar-refractivity contribution in [1.29, 1.82) is 0 Å². The summed E-state index contributed by atoms with van der Waals surface area (Å²) < 4.78 is 11.2. The van der Waals surface area contributed by atoms with E-state index in [2.05, 4.69) is 10.6 Å². The first-order valence-electron chi connectivity index (χ1n) is 9.11. The van der Waals surface area contributed by atoms with Gasteiger partial charge in [-0.25, -0.2) is 4.79 Å². The Morgan fingerprint density at radius 1 is 1.07 bits per heavy atom. The summed E-state index contributed by atoms with van der Waals surface area (Å²) in [5.41, 5.74) is 1.65. The Kier molecular flexibility index (Phi) is 8.61. The molecule has 3 N–H and O–H groups in total. The number of hydrogen-bond acceptors (Lipinski definition) is 4. The summed E-state index contributed by atoms with van der Waals surface area (Å²) in [6.07, 6.45) is 0. The maximum absolute atomic E-state index is 12.0. The number of aliphatic hydroxyl groups is 1. The van der Waals surface area contributed by atoms with Crippen LogP contribution < -0.4 is 15.4 Å². The van der Waals surface area contributed by atoms with E-state index in [1.165, 1.54) is 0 Å². The second-order valence-corrected chi connectivity index (χ2v) is 6.46. The standard InChI is InChI=1S/C21H28N2O4/c1-16(14-24)17(2)22-21(25)23-19-8-6-7-18(13-19)15-26-11-12-27-20-9-4-3-5-10-20/h3-10,13,16-17,24H,11-12,14-15H2,1-2H3,(H2,22,23,25). The van der Waals surface area contributed by atoms with Gasteiger partial charge in [0, 0.05) is 18.3 Å². The highest BCUT2D eigenvalue weighted by atomic mass is 16.5. The number of nitrogens with one attached hydrogen (secondary N) is 2. The Balaban J connectivity index is 1.72. The third-order valence-corrected chi connectivity index (χ3v) is 4.19. The molecular weight excluding hydrogens is 344 g/mol. The van der Waals surface area contributed by atoms with Gasteiger partial charge in [0.15, 0.2) is 0 Å². The van der Waals surface area contributed by atoms with Gasteiger partial charge in [-0.1, -0.05) is 37.3 Å². The summed E-state index contributed by atoms with van der Waals surface area (Å²) in [5, 5.41) is 14.8. The highest BCUT2D eigenvalue weighted by Gasteiger charge is 2.13. The molecule has 0 aliphatic rings. The molecule has 0 aromatic heterocycles. The number of para-hydroxylation sites is 1. The average molecular weight is 372 g/mol. The summed E-state index contributed by atoms with van der Waals surface area (Å²) in [7, 11) is 0. The van der Waals surface area contributed by atoms with Crippen molar-refractivity contribution >= 4 is 11.7 Å². The minimum absolute atomic E-state index is 0.00594. The highest BCUT2D eigenvalue weighted by Crippen LogP contribution is 2.12. The number of ether oxygens (including phenoxy) is 2. The summed E-state index contributed by atoms with van der Waals surface area (Å²) in [4.78, 5) is 12.0. The maximum atomic E-state index is 12.0. The molecular formula is C21H28N2O4. The van der Waals surface area contributed by atoms with Crippen molar-refractivity contribution in [3.05, 3.63) is 60.2 Å². The first-order chi connectivity index (χ1) is 13.1. The molecule has 0 heterocycles. The number of benzene rings is 2. The third-order valence-electron chi connectivity index (χ3n) is 4.19. The lowest BCUT2D eigenvalue weighted by Crippen LogP contribution is -2.40. The molecule has 2 aromatic carbocycles. The van der Waals surface area contributed by atoms with E-state index in [0.717, 1.165) is 11.3 Å². The van der Waals surface area contributed by atoms with E-state index < -0.39 is 0 Å². The largest absolute Gasteiger partial charge is 0.491 e. The molecule has 2 rings (SSSR count). The van der Waals surface area contributed by atoms with Gasteiger partial charge in [0.25, 0.3) is 0 Å². The molecule has 2 unspecified atom stereocenters. The molecule has 0 bridgehead atoms. The van der Waals surface area contributed by atoms with Crippen LogP contribution in [0.2, 0.25) is 0 Å². The van der Waals surface area contributed by atoms with Gasteiger partial charge in [-0.15, -0.1) is 0 Å². The fraction of sp³-hybridized carbons (Fsp3) is 0.381. The van der Waals surface area contributed by atoms with Crippen LogP contribution in [0, 0.1) is 5.92 Å². The molecule has 0 fully saturated rings. The van der Waals surface area contributed by atoms with Gasteiger partial charge in [-0.2, -0.15) is 0 Å². The Hall–Kier alpha value is -2.57. The average Bonchev–Trinajstić information content (AvgIpc) is 2.68. The zero-order valence-electron chi connectivity index (χ0n) is 15.9. The van der Waals surface area contributed by atoms with E-state index in [1.54, 1.807) is 0 Å². The number of amides is 2. The van der Waals surface area contributed by atoms with Gasteiger partial charge in [0.05, 0.1) is 13.2 Å². The van der Waals surface area contributed by atoms with Gasteiger partial charge in [0.2, 0.25) is 0 Å². The zero-order chi connectivity index (χ0) is 19.5. The van der Waals surface area contributed by atoms with Crippen molar-refractivity contribution in [3.8, 4) is 5.75 Å². The van der Waals surface area contributed by atoms with Crippen molar-refractivity contribution in [2.24, 2.45) is 5.92 Å². The van der Waals surface area contributed by atoms with Gasteiger partial charge < -0.3 is 25.2 Å². The topological polar surface area (TPSA) is 79.8 Å². The van der Waals surface area contributed by atoms with Crippen molar-refractivity contribution in [3.63, 3.8) is 0 Å². The first kappa shape index (κ1) is 20.7. The van der Waals surface area contributed by atoms with E-state index >= 15 is 0 Å². The van der Waals surface area contributed by atoms with E-state index in [0.29, 0.717) is 25.5 Å². The van der Waals surface area contributed by atoms with Crippen LogP contribution in [0.3, 0.4) is 0 Å². The van der Waals surface area contributed by atoms with E-state index in [-0.39, 0.29) is 24.6 Å². The normalized spacial score (nSPS) is 12.9. The van der Waals surface area contributed by atoms with Crippen molar-refractivity contribution in [1.82, 2.24) is 5.32 Å². The number of hydrogen-bond donors (Lipinski definition) is 3. The quantitative estimate of drug-likeness (QED) is 0.558. The number of rotatable bonds is 10. The van der Waals surface area contributed by atoms with Gasteiger partial charge in [0.1, 0.15) is 12.4 Å². The van der Waals surface area contributed by atoms with Crippen molar-refractivity contribution in [2.75, 3.05) is 25.1 Å². The third kappa shape index (κ3) is 7.68. The molecule has 0 saturated carbocycles. The minimum atomic E-state index is -0.294. The van der Waals surface area contributed by atoms with Crippen LogP contribution in [0.25, 0.3) is 0 Å². The lowest BCUT2D eigenvalue weighted by atomic mass is 10.1. The Morgan fingerprint density at radius 2 is 1.85 bits per heavy atom. The van der Waals surface area contributed by atoms with Gasteiger partial charge >= 0.3 is 6.03 Å². The van der Waals surface area contributed by atoms with E-state index in [1.807, 2.05) is 68.4 Å². The van der Waals surface area contributed by atoms with Crippen LogP contribution in [0.15, 0.2) is 54.6 Å². The zero-order valence-corrected chi connectivity index (χ0v) is 15.9. The SMILES string of the molecule is CC(CO)C(C)NC(=O)Nc1cccc(COCCOc2ccccc2)c1. The van der Waals surface area contributed by atoms with Gasteiger partial charge in [-0.3, -0.25) is 0 Å². The molecule has 0 radical (unpaired) electrons. The second-order valence-electron chi connectivity index (χ2n) is 6.46. The predicted molar refractivity (Wildman–Crippen MR) is 106 cm³/mol. The van der Waals surface area contributed by atoms with Crippen molar-refractivity contribution in [2.45, 2.75) is 26.5 Å². The van der Waals surface area contributed by atoms with E-state index in [9.17, 15) is 4.79 Å². The lowest BCUT2D eigenvalue weighted by molar-refractivity contribution is 0.0889. The molecule has 6 heteroatoms. The number of aliphatic hydroxyl groups excluding tert-OH is 1. The summed E-state index contributed by atoms with van der Waals surface area (Å²) in [6.45, 7) is 5.16. The lowest BCUT2D eigenvalue weighted by Gasteiger charge is -2.19. The Bertz CT molecular complexity index is 694. The maximum Gasteiger partial charge on any atom is 0.319 e. The van der Waals surface area contributed by atoms with Crippen LogP contribution in [0.5, 0.6) is 5.75 Å². The monoisotopic (exact) mass is 372 g/mol. The number of urea groups is 1. The molecule has 2 aromatic rings. The molecule has 2 atom stereocenters. The number of carbonyl (C=O) groups excluding carboxylic acids is 1. The fourth-order valence-electron chi connectivity index (χ4n) is 2.34. The van der Waals surface area contributed by atoms with Crippen LogP contribution in [0.1, 0.15) is 19.4 Å². The molecule has 0 saturated heterocycles. The second kappa shape index (κ2) is 11.2. The first-order valence-corrected chi connectivity index (χ1v) is 9.11. The van der Waals surface area contributed by atoms with Crippen LogP contribution in [-0.4, -0.2) is 37.0 Å². The molecule has 146 valence electrons. The molecule has 0 aliphatic heterocycles. The van der Waals surface area contributed by atoms with Crippen LogP contribution in [0.4, 0.5) is 10.5 Å². The minimum Gasteiger partial charge on any atom is -0.491 e. The van der Waals surface area contributed by atoms with Crippen LogP contribution in [-0.2, 0) is 11.3 Å². The summed E-state index contributed by atoms with van der Waals surface area (Å²) in [5.74, 6) is 0.816. The molecule has 2 amide bonds. The predicted octanol–water partition coefficient (Wildman–Crippen LogP) is 3.42. The Morgan fingerprint density at radius 3 is 2.59 bits per heavy atom. The summed E-state index contributed by atoms with van der Waals surface area (Å²) in [6, 6.07) is 16.7. The van der Waals surface area contributed by atoms with Crippen molar-refractivity contribution < 1.29 is 19.4 Å². The van der Waals surface area contributed by atoms with E-state index in [4.69, 9.17) is 14.6 Å². The smallest absolute Gasteiger partial charge is 0.319 e. The molecule has 0 spiro atoms. The fourth-order valence-corrected chi connectivity index (χ4v) is 2.34. The summed E-state index contributed by atoms with van der Waals surface area (Å²) >= 11 is 0. The number of carbonyl (C=O) groups is 1. The van der Waals surface area contributed by atoms with Crippen LogP contribution >= 0.6 is 0 Å².